The van der Waals surface area contributed by atoms with Crippen LogP contribution in [0.15, 0.2) is 60.8 Å². The van der Waals surface area contributed by atoms with Crippen LogP contribution in [0.3, 0.4) is 0 Å². The fraction of sp³-hybridized carbons (Fsp3) is 0.771. The zero-order valence-electron chi connectivity index (χ0n) is 36.1. The molecule has 0 saturated carbocycles. The normalized spacial score (nSPS) is 21.6. The maximum atomic E-state index is 12.9. The van der Waals surface area contributed by atoms with Crippen molar-refractivity contribution >= 4 is 5.91 Å². The summed E-state index contributed by atoms with van der Waals surface area (Å²) in [6, 6.07) is -0.833. The Hall–Kier alpha value is -2.11. The van der Waals surface area contributed by atoms with E-state index in [2.05, 4.69) is 67.8 Å². The van der Waals surface area contributed by atoms with Crippen molar-refractivity contribution in [2.45, 2.75) is 224 Å². The zero-order valence-corrected chi connectivity index (χ0v) is 36.1. The lowest BCUT2D eigenvalue weighted by atomic mass is 9.99. The molecule has 9 heteroatoms. The smallest absolute Gasteiger partial charge is 0.220 e. The molecule has 9 nitrogen and oxygen atoms in total. The van der Waals surface area contributed by atoms with Crippen LogP contribution < -0.4 is 5.32 Å². The standard InChI is InChI=1S/C48H85NO8/c1-3-5-7-9-11-13-15-17-19-21-22-24-26-28-30-32-34-36-38-44(52)49-41(40-56-48-47(55)46(54)45(53)43(39-50)57-48)42(51)37-35-33-31-29-27-25-23-20-18-16-14-12-10-8-6-4-2/h13,15,18-21,27,29,35,37,41-43,45-48,50-51,53-55H,3-12,14,16-17,22-26,28,30-34,36,38-40H2,1-2H3,(H,49,52)/b15-13-,20-18+,21-19-,29-27+,37-35+. The molecule has 1 fully saturated rings. The van der Waals surface area contributed by atoms with E-state index in [9.17, 15) is 30.3 Å². The summed E-state index contributed by atoms with van der Waals surface area (Å²) >= 11 is 0. The second-order valence-electron chi connectivity index (χ2n) is 15.8. The number of unbranched alkanes of at least 4 members (excludes halogenated alkanes) is 19. The van der Waals surface area contributed by atoms with Gasteiger partial charge in [0.25, 0.3) is 0 Å². The van der Waals surface area contributed by atoms with Crippen LogP contribution in [0.25, 0.3) is 0 Å². The van der Waals surface area contributed by atoms with E-state index in [1.165, 1.54) is 89.9 Å². The Kier molecular flexibility index (Phi) is 35.4. The Bertz CT molecular complexity index is 1070. The van der Waals surface area contributed by atoms with Gasteiger partial charge < -0.3 is 40.3 Å². The number of hydrogen-bond donors (Lipinski definition) is 6. The number of rotatable bonds is 37. The fourth-order valence-electron chi connectivity index (χ4n) is 6.80. The molecule has 7 unspecified atom stereocenters. The van der Waals surface area contributed by atoms with Gasteiger partial charge in [-0.15, -0.1) is 0 Å². The maximum Gasteiger partial charge on any atom is 0.220 e. The molecule has 1 saturated heterocycles. The maximum absolute atomic E-state index is 12.9. The highest BCUT2D eigenvalue weighted by Crippen LogP contribution is 2.22. The van der Waals surface area contributed by atoms with Crippen LogP contribution in [0.2, 0.25) is 0 Å². The third kappa shape index (κ3) is 28.9. The number of carbonyl (C=O) groups is 1. The van der Waals surface area contributed by atoms with Crippen molar-refractivity contribution in [3.8, 4) is 0 Å². The predicted octanol–water partition coefficient (Wildman–Crippen LogP) is 9.61. The molecule has 6 N–H and O–H groups in total. The SMILES string of the molecule is CCCCCC/C=C\C/C=C\CCCCCCCCCC(=O)NC(COC1OC(CO)C(O)C(O)C1O)C(O)/C=C/CC/C=C/CC/C=C/CCCCCCCC. The average molecular weight is 804 g/mol. The van der Waals surface area contributed by atoms with E-state index in [0.717, 1.165) is 70.6 Å². The van der Waals surface area contributed by atoms with Gasteiger partial charge in [-0.05, 0) is 77.0 Å². The third-order valence-electron chi connectivity index (χ3n) is 10.5. The van der Waals surface area contributed by atoms with E-state index in [1.54, 1.807) is 6.08 Å². The summed E-state index contributed by atoms with van der Waals surface area (Å²) < 4.78 is 11.2. The first-order valence-electron chi connectivity index (χ1n) is 23.0. The van der Waals surface area contributed by atoms with Gasteiger partial charge in [0.15, 0.2) is 6.29 Å². The minimum atomic E-state index is -1.58. The number of aliphatic hydroxyl groups is 5. The molecule has 0 spiro atoms. The molecule has 1 rings (SSSR count). The molecular weight excluding hydrogens is 719 g/mol. The summed E-state index contributed by atoms with van der Waals surface area (Å²) in [5.74, 6) is -0.202. The molecule has 1 aliphatic heterocycles. The molecule has 0 aromatic heterocycles. The number of amides is 1. The summed E-state index contributed by atoms with van der Waals surface area (Å²) in [7, 11) is 0. The van der Waals surface area contributed by atoms with E-state index in [1.807, 2.05) is 6.08 Å². The van der Waals surface area contributed by atoms with Crippen LogP contribution in [0.5, 0.6) is 0 Å². The summed E-state index contributed by atoms with van der Waals surface area (Å²) in [6.07, 6.45) is 42.6. The molecule has 0 bridgehead atoms. The summed E-state index contributed by atoms with van der Waals surface area (Å²) in [6.45, 7) is 3.70. The largest absolute Gasteiger partial charge is 0.394 e. The quantitative estimate of drug-likeness (QED) is 0.0269. The van der Waals surface area contributed by atoms with E-state index in [4.69, 9.17) is 9.47 Å². The average Bonchev–Trinajstić information content (AvgIpc) is 3.21. The zero-order chi connectivity index (χ0) is 41.6. The number of aliphatic hydroxyl groups excluding tert-OH is 5. The van der Waals surface area contributed by atoms with Crippen molar-refractivity contribution in [3.63, 3.8) is 0 Å². The van der Waals surface area contributed by atoms with Crippen molar-refractivity contribution in [2.75, 3.05) is 13.2 Å². The van der Waals surface area contributed by atoms with Crippen LogP contribution in [0.4, 0.5) is 0 Å². The summed E-state index contributed by atoms with van der Waals surface area (Å²) in [5, 5.41) is 54.1. The van der Waals surface area contributed by atoms with Gasteiger partial charge in [-0.2, -0.15) is 0 Å². The van der Waals surface area contributed by atoms with Crippen LogP contribution in [-0.2, 0) is 14.3 Å². The minimum absolute atomic E-state index is 0.202. The topological polar surface area (TPSA) is 149 Å². The Morgan fingerprint density at radius 3 is 1.60 bits per heavy atom. The summed E-state index contributed by atoms with van der Waals surface area (Å²) in [4.78, 5) is 12.9. The second kappa shape index (κ2) is 38.1. The van der Waals surface area contributed by atoms with Gasteiger partial charge >= 0.3 is 0 Å². The predicted molar refractivity (Wildman–Crippen MR) is 235 cm³/mol. The molecule has 7 atom stereocenters. The molecule has 330 valence electrons. The Morgan fingerprint density at radius 1 is 0.596 bits per heavy atom. The van der Waals surface area contributed by atoms with E-state index in [-0.39, 0.29) is 12.5 Å². The number of hydrogen-bond acceptors (Lipinski definition) is 8. The molecule has 57 heavy (non-hydrogen) atoms. The Morgan fingerprint density at radius 2 is 1.05 bits per heavy atom. The second-order valence-corrected chi connectivity index (χ2v) is 15.8. The lowest BCUT2D eigenvalue weighted by molar-refractivity contribution is -0.302. The monoisotopic (exact) mass is 804 g/mol. The lowest BCUT2D eigenvalue weighted by Crippen LogP contribution is -2.60. The first-order valence-corrected chi connectivity index (χ1v) is 23.0. The molecule has 0 aliphatic carbocycles. The van der Waals surface area contributed by atoms with Crippen molar-refractivity contribution in [2.24, 2.45) is 0 Å². The number of carbonyl (C=O) groups excluding carboxylic acids is 1. The van der Waals surface area contributed by atoms with Gasteiger partial charge in [0, 0.05) is 6.42 Å². The van der Waals surface area contributed by atoms with Gasteiger partial charge in [0.05, 0.1) is 25.4 Å². The van der Waals surface area contributed by atoms with Crippen molar-refractivity contribution < 1.29 is 39.8 Å². The van der Waals surface area contributed by atoms with E-state index in [0.29, 0.717) is 6.42 Å². The molecule has 1 aliphatic rings. The molecule has 1 heterocycles. The van der Waals surface area contributed by atoms with Crippen LogP contribution >= 0.6 is 0 Å². The minimum Gasteiger partial charge on any atom is -0.394 e. The highest BCUT2D eigenvalue weighted by Gasteiger charge is 2.44. The van der Waals surface area contributed by atoms with Crippen molar-refractivity contribution in [1.82, 2.24) is 5.32 Å². The van der Waals surface area contributed by atoms with Gasteiger partial charge in [-0.3, -0.25) is 4.79 Å². The van der Waals surface area contributed by atoms with E-state index < -0.39 is 49.5 Å². The van der Waals surface area contributed by atoms with Gasteiger partial charge in [-0.25, -0.2) is 0 Å². The summed E-state index contributed by atoms with van der Waals surface area (Å²) in [5.41, 5.74) is 0. The number of ether oxygens (including phenoxy) is 2. The van der Waals surface area contributed by atoms with Crippen molar-refractivity contribution in [1.29, 1.82) is 0 Å². The van der Waals surface area contributed by atoms with Crippen LogP contribution in [0.1, 0.15) is 181 Å². The Labute approximate surface area is 347 Å². The third-order valence-corrected chi connectivity index (χ3v) is 10.5. The fourth-order valence-corrected chi connectivity index (χ4v) is 6.80. The van der Waals surface area contributed by atoms with Gasteiger partial charge in [0.1, 0.15) is 24.4 Å². The highest BCUT2D eigenvalue weighted by molar-refractivity contribution is 5.76. The first kappa shape index (κ1) is 52.9. The highest BCUT2D eigenvalue weighted by atomic mass is 16.7. The molecule has 0 radical (unpaired) electrons. The number of nitrogens with one attached hydrogen (secondary N) is 1. The first-order chi connectivity index (χ1) is 27.8. The van der Waals surface area contributed by atoms with Crippen molar-refractivity contribution in [3.05, 3.63) is 60.8 Å². The molecular formula is C48H85NO8. The van der Waals surface area contributed by atoms with Gasteiger partial charge in [-0.1, -0.05) is 158 Å². The molecule has 0 aromatic rings. The Balaban J connectivity index is 2.41. The lowest BCUT2D eigenvalue weighted by Gasteiger charge is -2.40. The van der Waals surface area contributed by atoms with Crippen LogP contribution in [-0.4, -0.2) is 87.5 Å². The molecule has 0 aromatic carbocycles. The number of allylic oxidation sites excluding steroid dienone is 9. The van der Waals surface area contributed by atoms with Crippen LogP contribution in [0, 0.1) is 0 Å². The molecule has 1 amide bonds. The van der Waals surface area contributed by atoms with Gasteiger partial charge in [0.2, 0.25) is 5.91 Å². The van der Waals surface area contributed by atoms with E-state index >= 15 is 0 Å².